The van der Waals surface area contributed by atoms with Crippen molar-refractivity contribution in [3.63, 3.8) is 0 Å². The molecule has 132 valence electrons. The van der Waals surface area contributed by atoms with Crippen molar-refractivity contribution in [2.24, 2.45) is 28.6 Å². The summed E-state index contributed by atoms with van der Waals surface area (Å²) in [5, 5.41) is 11.1. The third-order valence-electron chi connectivity index (χ3n) is 8.70. The summed E-state index contributed by atoms with van der Waals surface area (Å²) in [5.74, 6) is 1.90. The molecule has 3 saturated carbocycles. The number of carbonyl (C=O) groups excluding carboxylic acids is 2. The second kappa shape index (κ2) is 5.03. The zero-order valence-corrected chi connectivity index (χ0v) is 15.2. The van der Waals surface area contributed by atoms with Crippen molar-refractivity contribution in [1.29, 1.82) is 0 Å². The monoisotopic (exact) mass is 330 g/mol. The predicted molar refractivity (Wildman–Crippen MR) is 92.3 cm³/mol. The van der Waals surface area contributed by atoms with Gasteiger partial charge in [0.25, 0.3) is 0 Å². The van der Waals surface area contributed by atoms with Gasteiger partial charge in [-0.2, -0.15) is 0 Å². The zero-order chi connectivity index (χ0) is 17.3. The lowest BCUT2D eigenvalue weighted by molar-refractivity contribution is -0.160. The van der Waals surface area contributed by atoms with Crippen LogP contribution in [0.15, 0.2) is 11.6 Å². The molecule has 0 spiro atoms. The Kier molecular flexibility index (Phi) is 3.46. The van der Waals surface area contributed by atoms with Crippen LogP contribution in [0, 0.1) is 28.6 Å². The van der Waals surface area contributed by atoms with E-state index in [0.717, 1.165) is 38.5 Å². The van der Waals surface area contributed by atoms with Crippen molar-refractivity contribution in [2.45, 2.75) is 77.7 Å². The number of aliphatic hydroxyl groups is 1. The fourth-order valence-electron chi connectivity index (χ4n) is 7.15. The number of carbonyl (C=O) groups is 2. The molecule has 0 saturated heterocycles. The van der Waals surface area contributed by atoms with Gasteiger partial charge in [-0.15, -0.1) is 0 Å². The molecule has 0 radical (unpaired) electrons. The number of fused-ring (bicyclic) bond motifs is 5. The van der Waals surface area contributed by atoms with Gasteiger partial charge in [-0.3, -0.25) is 9.59 Å². The Hall–Kier alpha value is -0.960. The Labute approximate surface area is 144 Å². The topological polar surface area (TPSA) is 54.4 Å². The first-order chi connectivity index (χ1) is 11.2. The van der Waals surface area contributed by atoms with Crippen molar-refractivity contribution >= 4 is 11.6 Å². The maximum absolute atomic E-state index is 12.2. The highest BCUT2D eigenvalue weighted by atomic mass is 16.3. The van der Waals surface area contributed by atoms with E-state index in [0.29, 0.717) is 36.4 Å². The Morgan fingerprint density at radius 2 is 1.79 bits per heavy atom. The fraction of sp³-hybridized carbons (Fsp3) is 0.810. The second-order valence-electron chi connectivity index (χ2n) is 9.38. The molecule has 6 atom stereocenters. The summed E-state index contributed by atoms with van der Waals surface area (Å²) in [4.78, 5) is 24.1. The first-order valence-electron chi connectivity index (χ1n) is 9.70. The molecule has 0 bridgehead atoms. The van der Waals surface area contributed by atoms with E-state index in [-0.39, 0.29) is 16.6 Å². The Morgan fingerprint density at radius 3 is 2.50 bits per heavy atom. The summed E-state index contributed by atoms with van der Waals surface area (Å²) in [6.45, 7) is 6.10. The van der Waals surface area contributed by atoms with Crippen LogP contribution in [0.3, 0.4) is 0 Å². The molecule has 4 aliphatic carbocycles. The molecule has 0 aromatic rings. The molecule has 4 aliphatic rings. The normalized spacial score (nSPS) is 50.6. The third kappa shape index (κ3) is 1.88. The first-order valence-corrected chi connectivity index (χ1v) is 9.70. The van der Waals surface area contributed by atoms with Crippen molar-refractivity contribution in [2.75, 3.05) is 0 Å². The summed E-state index contributed by atoms with van der Waals surface area (Å²) in [7, 11) is 0. The van der Waals surface area contributed by atoms with E-state index in [1.54, 1.807) is 6.92 Å². The van der Waals surface area contributed by atoms with Gasteiger partial charge < -0.3 is 5.11 Å². The molecule has 4 rings (SSSR count). The van der Waals surface area contributed by atoms with E-state index in [1.165, 1.54) is 5.57 Å². The third-order valence-corrected chi connectivity index (χ3v) is 8.70. The molecule has 0 aromatic heterocycles. The summed E-state index contributed by atoms with van der Waals surface area (Å²) in [6.07, 6.45) is 9.37. The SMILES string of the molecule is CC(=O)[C@]1(O)CCC2C3CCC4=CC(=O)CC[C@@]4(C)C3CC[C@]21C. The largest absolute Gasteiger partial charge is 0.382 e. The number of ketones is 2. The summed E-state index contributed by atoms with van der Waals surface area (Å²) in [6, 6.07) is 0. The van der Waals surface area contributed by atoms with Crippen LogP contribution in [0.4, 0.5) is 0 Å². The molecule has 3 heteroatoms. The van der Waals surface area contributed by atoms with Gasteiger partial charge in [0, 0.05) is 11.8 Å². The molecule has 24 heavy (non-hydrogen) atoms. The molecule has 0 aromatic carbocycles. The Bertz CT molecular complexity index is 635. The van der Waals surface area contributed by atoms with E-state index < -0.39 is 5.60 Å². The quantitative estimate of drug-likeness (QED) is 0.795. The lowest BCUT2D eigenvalue weighted by atomic mass is 9.46. The van der Waals surface area contributed by atoms with Crippen LogP contribution < -0.4 is 0 Å². The summed E-state index contributed by atoms with van der Waals surface area (Å²) < 4.78 is 0. The summed E-state index contributed by atoms with van der Waals surface area (Å²) in [5.41, 5.74) is 0.155. The van der Waals surface area contributed by atoms with Crippen LogP contribution in [0.2, 0.25) is 0 Å². The number of Topliss-reactive ketones (excluding diaryl/α,β-unsaturated/α-hetero) is 1. The van der Waals surface area contributed by atoms with Gasteiger partial charge >= 0.3 is 0 Å². The van der Waals surface area contributed by atoms with Crippen molar-refractivity contribution in [3.05, 3.63) is 11.6 Å². The highest BCUT2D eigenvalue weighted by Crippen LogP contribution is 2.67. The van der Waals surface area contributed by atoms with Gasteiger partial charge in [0.15, 0.2) is 11.6 Å². The van der Waals surface area contributed by atoms with Crippen LogP contribution in [0.5, 0.6) is 0 Å². The number of allylic oxidation sites excluding steroid dienone is 1. The molecule has 3 nitrogen and oxygen atoms in total. The molecule has 0 amide bonds. The summed E-state index contributed by atoms with van der Waals surface area (Å²) >= 11 is 0. The lowest BCUT2D eigenvalue weighted by Crippen LogP contribution is -2.57. The maximum Gasteiger partial charge on any atom is 0.161 e. The molecule has 0 aliphatic heterocycles. The lowest BCUT2D eigenvalue weighted by Gasteiger charge is -2.58. The van der Waals surface area contributed by atoms with Crippen molar-refractivity contribution < 1.29 is 14.7 Å². The molecule has 0 heterocycles. The van der Waals surface area contributed by atoms with E-state index in [2.05, 4.69) is 13.8 Å². The number of hydrogen-bond donors (Lipinski definition) is 1. The first kappa shape index (κ1) is 16.5. The van der Waals surface area contributed by atoms with E-state index >= 15 is 0 Å². The van der Waals surface area contributed by atoms with E-state index in [4.69, 9.17) is 0 Å². The van der Waals surface area contributed by atoms with Gasteiger partial charge in [-0.25, -0.2) is 0 Å². The van der Waals surface area contributed by atoms with Crippen LogP contribution >= 0.6 is 0 Å². The van der Waals surface area contributed by atoms with Crippen LogP contribution in [0.25, 0.3) is 0 Å². The predicted octanol–water partition coefficient (Wildman–Crippen LogP) is 3.84. The number of rotatable bonds is 1. The average molecular weight is 330 g/mol. The second-order valence-corrected chi connectivity index (χ2v) is 9.38. The van der Waals surface area contributed by atoms with E-state index in [9.17, 15) is 14.7 Å². The van der Waals surface area contributed by atoms with Crippen LogP contribution in [-0.2, 0) is 9.59 Å². The van der Waals surface area contributed by atoms with E-state index in [1.807, 2.05) is 6.08 Å². The molecular formula is C21H30O3. The minimum atomic E-state index is -1.12. The molecule has 3 fully saturated rings. The Morgan fingerprint density at radius 1 is 1.08 bits per heavy atom. The van der Waals surface area contributed by atoms with Crippen molar-refractivity contribution in [1.82, 2.24) is 0 Å². The molecular weight excluding hydrogens is 300 g/mol. The minimum Gasteiger partial charge on any atom is -0.382 e. The van der Waals surface area contributed by atoms with Crippen LogP contribution in [-0.4, -0.2) is 22.3 Å². The standard InChI is InChI=1S/C21H30O3/c1-13(22)21(24)11-8-18-16-5-4-14-12-15(23)6-9-19(14,2)17(16)7-10-20(18,21)3/h12,16-18,24H,4-11H2,1-3H3/t16?,17?,18?,19-,20-,21-/m1/s1. The Balaban J connectivity index is 1.70. The van der Waals surface area contributed by atoms with Gasteiger partial charge in [-0.05, 0) is 81.1 Å². The maximum atomic E-state index is 12.2. The van der Waals surface area contributed by atoms with Gasteiger partial charge in [0.1, 0.15) is 5.60 Å². The van der Waals surface area contributed by atoms with Crippen LogP contribution in [0.1, 0.15) is 72.1 Å². The number of hydrogen-bond acceptors (Lipinski definition) is 3. The van der Waals surface area contributed by atoms with Crippen molar-refractivity contribution in [3.8, 4) is 0 Å². The highest BCUT2D eigenvalue weighted by molar-refractivity contribution is 5.91. The van der Waals surface area contributed by atoms with Gasteiger partial charge in [-0.1, -0.05) is 19.4 Å². The molecule has 1 N–H and O–H groups in total. The smallest absolute Gasteiger partial charge is 0.161 e. The average Bonchev–Trinajstić information content (AvgIpc) is 2.81. The van der Waals surface area contributed by atoms with Gasteiger partial charge in [0.05, 0.1) is 0 Å². The fourth-order valence-corrected chi connectivity index (χ4v) is 7.15. The molecule has 3 unspecified atom stereocenters. The van der Waals surface area contributed by atoms with Gasteiger partial charge in [0.2, 0.25) is 0 Å². The highest BCUT2D eigenvalue weighted by Gasteiger charge is 2.65. The minimum absolute atomic E-state index is 0.0446. The zero-order valence-electron chi connectivity index (χ0n) is 15.2.